The van der Waals surface area contributed by atoms with E-state index in [1.807, 2.05) is 0 Å². The number of fused-ring (bicyclic) bond motifs is 1. The van der Waals surface area contributed by atoms with Crippen LogP contribution in [-0.4, -0.2) is 39.4 Å². The van der Waals surface area contributed by atoms with Gasteiger partial charge < -0.3 is 13.8 Å². The summed E-state index contributed by atoms with van der Waals surface area (Å²) in [7, 11) is 0. The molecule has 1 heterocycles. The Bertz CT molecular complexity index is 512. The summed E-state index contributed by atoms with van der Waals surface area (Å²) in [5.41, 5.74) is -5.48. The third kappa shape index (κ3) is 4.15. The first kappa shape index (κ1) is 17.1. The molecular weight excluding hydrogens is 323 g/mol. The van der Waals surface area contributed by atoms with Gasteiger partial charge in [0.25, 0.3) is 0 Å². The molecule has 22 heavy (non-hydrogen) atoms. The maximum atomic E-state index is 12.2. The van der Waals surface area contributed by atoms with E-state index in [9.17, 15) is 22.2 Å². The van der Waals surface area contributed by atoms with Crippen LogP contribution in [0.25, 0.3) is 0 Å². The minimum Gasteiger partial charge on any atom is -0.444 e. The predicted octanol–water partition coefficient (Wildman–Crippen LogP) is 2.96. The van der Waals surface area contributed by atoms with Gasteiger partial charge in [-0.2, -0.15) is 13.2 Å². The van der Waals surface area contributed by atoms with Gasteiger partial charge >= 0.3 is 22.7 Å². The maximum absolute atomic E-state index is 12.2. The van der Waals surface area contributed by atoms with E-state index < -0.39 is 28.3 Å². The van der Waals surface area contributed by atoms with Gasteiger partial charge in [0.05, 0.1) is 0 Å². The van der Waals surface area contributed by atoms with E-state index >= 15 is 0 Å². The number of ether oxygens (including phenoxy) is 1. The lowest BCUT2D eigenvalue weighted by Gasteiger charge is -2.24. The molecule has 9 heteroatoms. The second kappa shape index (κ2) is 5.75. The van der Waals surface area contributed by atoms with Crippen LogP contribution in [0.3, 0.4) is 0 Å². The largest absolute Gasteiger partial charge is 0.508 e. The molecule has 0 radical (unpaired) electrons. The highest BCUT2D eigenvalue weighted by Gasteiger charge is 2.44. The number of hydrogen-bond donors (Lipinski definition) is 0. The van der Waals surface area contributed by atoms with E-state index in [2.05, 4.69) is 4.18 Å². The normalized spacial score (nSPS) is 26.5. The first-order valence-electron chi connectivity index (χ1n) is 6.81. The van der Waals surface area contributed by atoms with Gasteiger partial charge in [0, 0.05) is 25.4 Å². The van der Waals surface area contributed by atoms with Gasteiger partial charge in [0.1, 0.15) is 11.4 Å². The number of allylic oxidation sites excluding steroid dienone is 1. The van der Waals surface area contributed by atoms with Crippen LogP contribution in [0.2, 0.25) is 0 Å². The van der Waals surface area contributed by atoms with E-state index in [1.165, 1.54) is 11.0 Å². The average molecular weight is 341 g/mol. The number of hydrogen-bond acceptors (Lipinski definition) is 4. The number of carbonyl (C=O) groups is 1. The van der Waals surface area contributed by atoms with Crippen molar-refractivity contribution in [3.63, 3.8) is 0 Å². The van der Waals surface area contributed by atoms with Crippen LogP contribution in [-0.2, 0) is 20.0 Å². The van der Waals surface area contributed by atoms with Crippen molar-refractivity contribution in [2.75, 3.05) is 13.1 Å². The van der Waals surface area contributed by atoms with E-state index in [4.69, 9.17) is 4.74 Å². The highest BCUT2D eigenvalue weighted by molar-refractivity contribution is 7.81. The minimum atomic E-state index is -4.89. The van der Waals surface area contributed by atoms with Crippen molar-refractivity contribution >= 4 is 17.2 Å². The molecule has 2 aliphatic rings. The zero-order valence-electron chi connectivity index (χ0n) is 12.5. The zero-order valence-corrected chi connectivity index (χ0v) is 13.3. The quantitative estimate of drug-likeness (QED) is 0.775. The third-order valence-electron chi connectivity index (χ3n) is 3.38. The summed E-state index contributed by atoms with van der Waals surface area (Å²) in [6.07, 6.45) is 1.33. The van der Waals surface area contributed by atoms with Crippen LogP contribution in [0.4, 0.5) is 18.0 Å². The summed E-state index contributed by atoms with van der Waals surface area (Å²) in [6, 6.07) is 0. The average Bonchev–Trinajstić information content (AvgIpc) is 2.82. The number of alkyl halides is 3. The molecule has 1 amide bonds. The van der Waals surface area contributed by atoms with Gasteiger partial charge in [-0.15, -0.1) is 0 Å². The second-order valence-electron chi connectivity index (χ2n) is 6.41. The molecule has 5 nitrogen and oxygen atoms in total. The molecule has 2 rings (SSSR count). The molecule has 1 aliphatic heterocycles. The number of carbonyl (C=O) groups excluding carboxylic acids is 1. The fourth-order valence-electron chi connectivity index (χ4n) is 2.55. The van der Waals surface area contributed by atoms with Crippen LogP contribution in [0.5, 0.6) is 0 Å². The van der Waals surface area contributed by atoms with Gasteiger partial charge in [-0.05, 0) is 32.8 Å². The van der Waals surface area contributed by atoms with Crippen molar-refractivity contribution in [3.8, 4) is 0 Å². The van der Waals surface area contributed by atoms with Gasteiger partial charge in [-0.3, -0.25) is 0 Å². The summed E-state index contributed by atoms with van der Waals surface area (Å²) in [5, 5.41) is 0. The summed E-state index contributed by atoms with van der Waals surface area (Å²) in [4.78, 5) is 13.5. The topological polar surface area (TPSA) is 55.8 Å². The highest BCUT2D eigenvalue weighted by atomic mass is 32.2. The Hall–Kier alpha value is -1.25. The number of likely N-dealkylation sites (tertiary alicyclic amines) is 1. The van der Waals surface area contributed by atoms with E-state index in [0.717, 1.165) is 0 Å². The molecule has 0 aromatic carbocycles. The molecule has 126 valence electrons. The van der Waals surface area contributed by atoms with Crippen molar-refractivity contribution in [3.05, 3.63) is 11.8 Å². The fraction of sp³-hybridized carbons (Fsp3) is 0.769. The lowest BCUT2D eigenvalue weighted by atomic mass is 10.0. The molecule has 0 aromatic rings. The van der Waals surface area contributed by atoms with Crippen LogP contribution in [0.1, 0.15) is 27.2 Å². The van der Waals surface area contributed by atoms with Crippen LogP contribution < -0.4 is 0 Å². The summed E-state index contributed by atoms with van der Waals surface area (Å²) >= 11 is -3.34. The minimum absolute atomic E-state index is 0.0206. The number of halogens is 3. The molecule has 0 N–H and O–H groups in total. The van der Waals surface area contributed by atoms with Crippen LogP contribution in [0, 0.1) is 11.8 Å². The van der Waals surface area contributed by atoms with Gasteiger partial charge in [-0.1, -0.05) is 0 Å². The molecule has 0 saturated carbocycles. The van der Waals surface area contributed by atoms with Crippen molar-refractivity contribution in [2.24, 2.45) is 11.8 Å². The standard InChI is InChI=1S/C13H18F3NO4S/c1-12(2,3)20-11(18)17-6-8-4-10(5-9(8)7-17)21-22(19)13(14,15)16/h4,8-9H,5-7H2,1-3H3. The van der Waals surface area contributed by atoms with Crippen LogP contribution >= 0.6 is 0 Å². The molecule has 1 fully saturated rings. The lowest BCUT2D eigenvalue weighted by Crippen LogP contribution is -2.35. The van der Waals surface area contributed by atoms with E-state index in [1.54, 1.807) is 20.8 Å². The summed E-state index contributed by atoms with van der Waals surface area (Å²) in [6.45, 7) is 6.05. The molecule has 0 aromatic heterocycles. The smallest absolute Gasteiger partial charge is 0.444 e. The fourth-order valence-corrected chi connectivity index (χ4v) is 2.96. The third-order valence-corrected chi connectivity index (χ3v) is 4.12. The maximum Gasteiger partial charge on any atom is 0.508 e. The Morgan fingerprint density at radius 1 is 1.32 bits per heavy atom. The highest BCUT2D eigenvalue weighted by Crippen LogP contribution is 2.39. The molecule has 1 aliphatic carbocycles. The van der Waals surface area contributed by atoms with Crippen LogP contribution in [0.15, 0.2) is 11.8 Å². The zero-order chi connectivity index (χ0) is 16.7. The molecule has 0 bridgehead atoms. The van der Waals surface area contributed by atoms with Gasteiger partial charge in [-0.25, -0.2) is 9.00 Å². The van der Waals surface area contributed by atoms with Crippen molar-refractivity contribution < 1.29 is 31.1 Å². The van der Waals surface area contributed by atoms with Gasteiger partial charge in [0.15, 0.2) is 0 Å². The SMILES string of the molecule is CC(C)(C)OC(=O)N1CC2C=C(OS(=O)C(F)(F)F)CC2C1. The monoisotopic (exact) mass is 341 g/mol. The Morgan fingerprint density at radius 3 is 2.45 bits per heavy atom. The Balaban J connectivity index is 1.91. The number of nitrogens with zero attached hydrogens (tertiary/aromatic N) is 1. The Kier molecular flexibility index (Phi) is 4.47. The predicted molar refractivity (Wildman–Crippen MR) is 72.8 cm³/mol. The molecule has 0 spiro atoms. The van der Waals surface area contributed by atoms with Crippen molar-refractivity contribution in [1.29, 1.82) is 0 Å². The molecule has 3 unspecified atom stereocenters. The first-order chi connectivity index (χ1) is 9.95. The van der Waals surface area contributed by atoms with E-state index in [-0.39, 0.29) is 24.0 Å². The number of amides is 1. The summed E-state index contributed by atoms with van der Waals surface area (Å²) in [5.74, 6) is -0.0324. The molecule has 3 atom stereocenters. The molecule has 1 saturated heterocycles. The lowest BCUT2D eigenvalue weighted by molar-refractivity contribution is -0.0457. The second-order valence-corrected chi connectivity index (χ2v) is 7.51. The molecular formula is C13H18F3NO4S. The van der Waals surface area contributed by atoms with Crippen molar-refractivity contribution in [2.45, 2.75) is 38.3 Å². The summed E-state index contributed by atoms with van der Waals surface area (Å²) < 4.78 is 57.2. The Labute approximate surface area is 129 Å². The van der Waals surface area contributed by atoms with E-state index in [0.29, 0.717) is 13.1 Å². The Morgan fingerprint density at radius 2 is 1.95 bits per heavy atom. The number of rotatable bonds is 2. The van der Waals surface area contributed by atoms with Gasteiger partial charge in [0.2, 0.25) is 0 Å². The van der Waals surface area contributed by atoms with Crippen molar-refractivity contribution in [1.82, 2.24) is 4.90 Å². The first-order valence-corrected chi connectivity index (χ1v) is 7.89.